The molecule has 0 aromatic rings. The minimum absolute atomic E-state index is 0.124. The van der Waals surface area contributed by atoms with Crippen LogP contribution in [-0.2, 0) is 14.3 Å². The molecule has 1 aliphatic heterocycles. The minimum atomic E-state index is -0.284. The molecular formula is C9H14O3. The zero-order valence-corrected chi connectivity index (χ0v) is 7.29. The van der Waals surface area contributed by atoms with E-state index in [1.54, 1.807) is 13.0 Å². The molecule has 1 heterocycles. The van der Waals surface area contributed by atoms with E-state index in [9.17, 15) is 4.79 Å². The normalized spacial score (nSPS) is 23.2. The highest BCUT2D eigenvalue weighted by atomic mass is 16.6. The van der Waals surface area contributed by atoms with Crippen molar-refractivity contribution in [3.8, 4) is 0 Å². The summed E-state index contributed by atoms with van der Waals surface area (Å²) >= 11 is 0. The van der Waals surface area contributed by atoms with Gasteiger partial charge in [-0.3, -0.25) is 0 Å². The molecule has 1 unspecified atom stereocenters. The van der Waals surface area contributed by atoms with Gasteiger partial charge in [0.1, 0.15) is 6.61 Å². The predicted octanol–water partition coefficient (Wildman–Crippen LogP) is 1.28. The Morgan fingerprint density at radius 2 is 2.58 bits per heavy atom. The fourth-order valence-corrected chi connectivity index (χ4v) is 1.14. The largest absolute Gasteiger partial charge is 0.460 e. The van der Waals surface area contributed by atoms with E-state index in [0.29, 0.717) is 6.61 Å². The van der Waals surface area contributed by atoms with Crippen LogP contribution in [-0.4, -0.2) is 25.3 Å². The number of hydrogen-bond acceptors (Lipinski definition) is 3. The third kappa shape index (κ3) is 3.05. The number of ether oxygens (including phenoxy) is 2. The van der Waals surface area contributed by atoms with Crippen LogP contribution in [0.25, 0.3) is 0 Å². The molecule has 0 aromatic heterocycles. The van der Waals surface area contributed by atoms with E-state index in [1.807, 2.05) is 0 Å². The number of carbonyl (C=O) groups excluding carboxylic acids is 1. The van der Waals surface area contributed by atoms with Gasteiger partial charge in [-0.05, 0) is 19.8 Å². The molecule has 0 spiro atoms. The van der Waals surface area contributed by atoms with Crippen LogP contribution in [0.1, 0.15) is 19.8 Å². The molecule has 1 fully saturated rings. The van der Waals surface area contributed by atoms with Crippen molar-refractivity contribution >= 4 is 5.97 Å². The van der Waals surface area contributed by atoms with Gasteiger partial charge < -0.3 is 9.47 Å². The SMILES string of the molecule is C/C=C\C(=O)OCC1CCCO1. The Hall–Kier alpha value is -0.830. The summed E-state index contributed by atoms with van der Waals surface area (Å²) in [5.41, 5.74) is 0. The molecule has 0 bridgehead atoms. The second-order valence-electron chi connectivity index (χ2n) is 2.77. The summed E-state index contributed by atoms with van der Waals surface area (Å²) in [5, 5.41) is 0. The van der Waals surface area contributed by atoms with Crippen LogP contribution < -0.4 is 0 Å². The van der Waals surface area contributed by atoms with Gasteiger partial charge in [0, 0.05) is 12.7 Å². The van der Waals surface area contributed by atoms with E-state index >= 15 is 0 Å². The maximum Gasteiger partial charge on any atom is 0.330 e. The monoisotopic (exact) mass is 170 g/mol. The smallest absolute Gasteiger partial charge is 0.330 e. The zero-order chi connectivity index (χ0) is 8.81. The molecule has 12 heavy (non-hydrogen) atoms. The molecule has 0 radical (unpaired) electrons. The highest BCUT2D eigenvalue weighted by molar-refractivity contribution is 5.81. The summed E-state index contributed by atoms with van der Waals surface area (Å²) in [4.78, 5) is 10.8. The first-order valence-corrected chi connectivity index (χ1v) is 4.24. The van der Waals surface area contributed by atoms with Gasteiger partial charge >= 0.3 is 5.97 Å². The molecule has 1 atom stereocenters. The lowest BCUT2D eigenvalue weighted by Gasteiger charge is -2.07. The van der Waals surface area contributed by atoms with E-state index in [4.69, 9.17) is 9.47 Å². The minimum Gasteiger partial charge on any atom is -0.460 e. The van der Waals surface area contributed by atoms with Gasteiger partial charge in [0.2, 0.25) is 0 Å². The summed E-state index contributed by atoms with van der Waals surface area (Å²) in [7, 11) is 0. The van der Waals surface area contributed by atoms with Gasteiger partial charge in [-0.1, -0.05) is 6.08 Å². The number of carbonyl (C=O) groups is 1. The maximum atomic E-state index is 10.8. The first-order valence-electron chi connectivity index (χ1n) is 4.24. The Balaban J connectivity index is 2.11. The average Bonchev–Trinajstić information content (AvgIpc) is 2.53. The summed E-state index contributed by atoms with van der Waals surface area (Å²) < 4.78 is 10.2. The van der Waals surface area contributed by atoms with Crippen molar-refractivity contribution in [2.75, 3.05) is 13.2 Å². The van der Waals surface area contributed by atoms with Gasteiger partial charge in [0.15, 0.2) is 0 Å². The van der Waals surface area contributed by atoms with Gasteiger partial charge in [-0.2, -0.15) is 0 Å². The zero-order valence-electron chi connectivity index (χ0n) is 7.29. The van der Waals surface area contributed by atoms with Crippen LogP contribution in [0.3, 0.4) is 0 Å². The fourth-order valence-electron chi connectivity index (χ4n) is 1.14. The van der Waals surface area contributed by atoms with Crippen molar-refractivity contribution in [2.24, 2.45) is 0 Å². The Labute approximate surface area is 72.4 Å². The highest BCUT2D eigenvalue weighted by Crippen LogP contribution is 2.11. The highest BCUT2D eigenvalue weighted by Gasteiger charge is 2.16. The predicted molar refractivity (Wildman–Crippen MR) is 44.7 cm³/mol. The van der Waals surface area contributed by atoms with Crippen molar-refractivity contribution in [3.63, 3.8) is 0 Å². The third-order valence-electron chi connectivity index (χ3n) is 1.74. The van der Waals surface area contributed by atoms with Crippen LogP contribution in [0, 0.1) is 0 Å². The van der Waals surface area contributed by atoms with Crippen LogP contribution >= 0.6 is 0 Å². The van der Waals surface area contributed by atoms with Gasteiger partial charge in [-0.15, -0.1) is 0 Å². The second-order valence-corrected chi connectivity index (χ2v) is 2.77. The van der Waals surface area contributed by atoms with Crippen LogP contribution in [0.15, 0.2) is 12.2 Å². The second kappa shape index (κ2) is 4.93. The molecule has 68 valence electrons. The van der Waals surface area contributed by atoms with E-state index < -0.39 is 0 Å². The Morgan fingerprint density at radius 3 is 3.17 bits per heavy atom. The first-order chi connectivity index (χ1) is 5.83. The van der Waals surface area contributed by atoms with Gasteiger partial charge in [0.05, 0.1) is 6.10 Å². The van der Waals surface area contributed by atoms with Crippen molar-refractivity contribution in [1.29, 1.82) is 0 Å². The van der Waals surface area contributed by atoms with Crippen molar-refractivity contribution in [3.05, 3.63) is 12.2 Å². The fraction of sp³-hybridized carbons (Fsp3) is 0.667. The first kappa shape index (κ1) is 9.26. The molecule has 0 saturated carbocycles. The summed E-state index contributed by atoms with van der Waals surface area (Å²) in [6.45, 7) is 2.97. The quantitative estimate of drug-likeness (QED) is 0.473. The standard InChI is InChI=1S/C9H14O3/c1-2-4-9(10)12-7-8-5-3-6-11-8/h2,4,8H,3,5-7H2,1H3/b4-2-. The van der Waals surface area contributed by atoms with Crippen molar-refractivity contribution in [2.45, 2.75) is 25.9 Å². The van der Waals surface area contributed by atoms with Gasteiger partial charge in [-0.25, -0.2) is 4.79 Å². The van der Waals surface area contributed by atoms with Crippen LogP contribution in [0.2, 0.25) is 0 Å². The Kier molecular flexibility index (Phi) is 3.80. The third-order valence-corrected chi connectivity index (χ3v) is 1.74. The molecule has 1 rings (SSSR count). The molecule has 0 aliphatic carbocycles. The Bertz CT molecular complexity index is 169. The molecule has 0 aromatic carbocycles. The molecule has 3 heteroatoms. The van der Waals surface area contributed by atoms with E-state index in [2.05, 4.69) is 0 Å². The van der Waals surface area contributed by atoms with Crippen LogP contribution in [0.4, 0.5) is 0 Å². The van der Waals surface area contributed by atoms with Gasteiger partial charge in [0.25, 0.3) is 0 Å². The number of rotatable bonds is 3. The van der Waals surface area contributed by atoms with E-state index in [0.717, 1.165) is 19.4 Å². The van der Waals surface area contributed by atoms with Crippen LogP contribution in [0.5, 0.6) is 0 Å². The lowest BCUT2D eigenvalue weighted by molar-refractivity contribution is -0.140. The molecular weight excluding hydrogens is 156 g/mol. The Morgan fingerprint density at radius 1 is 1.75 bits per heavy atom. The maximum absolute atomic E-state index is 10.8. The molecule has 0 amide bonds. The lowest BCUT2D eigenvalue weighted by Crippen LogP contribution is -2.16. The number of hydrogen-bond donors (Lipinski definition) is 0. The number of esters is 1. The summed E-state index contributed by atoms with van der Waals surface area (Å²) in [6, 6.07) is 0. The molecule has 0 N–H and O–H groups in total. The molecule has 3 nitrogen and oxygen atoms in total. The average molecular weight is 170 g/mol. The summed E-state index contributed by atoms with van der Waals surface area (Å²) in [6.07, 6.45) is 5.28. The van der Waals surface area contributed by atoms with E-state index in [-0.39, 0.29) is 12.1 Å². The van der Waals surface area contributed by atoms with Crippen molar-refractivity contribution in [1.82, 2.24) is 0 Å². The van der Waals surface area contributed by atoms with E-state index in [1.165, 1.54) is 6.08 Å². The van der Waals surface area contributed by atoms with Crippen molar-refractivity contribution < 1.29 is 14.3 Å². The topological polar surface area (TPSA) is 35.5 Å². The summed E-state index contributed by atoms with van der Waals surface area (Å²) in [5.74, 6) is -0.284. The lowest BCUT2D eigenvalue weighted by atomic mass is 10.2. The molecule has 1 saturated heterocycles. The molecule has 1 aliphatic rings. The number of allylic oxidation sites excluding steroid dienone is 1.